The van der Waals surface area contributed by atoms with Crippen molar-refractivity contribution in [3.05, 3.63) is 41.5 Å². The Morgan fingerprint density at radius 2 is 1.17 bits per heavy atom. The summed E-state index contributed by atoms with van der Waals surface area (Å²) in [5.74, 6) is 0.250. The first-order valence-corrected chi connectivity index (χ1v) is 13.5. The average Bonchev–Trinajstić information content (AvgIpc) is 3.50. The van der Waals surface area contributed by atoms with Crippen molar-refractivity contribution in [2.45, 2.75) is 0 Å². The van der Waals surface area contributed by atoms with Crippen LogP contribution in [0, 0.1) is 0 Å². The molecule has 1 N–H and O–H groups in total. The molecule has 13 heteroatoms. The Kier molecular flexibility index (Phi) is 14.8. The first-order valence-electron chi connectivity index (χ1n) is 13.5. The molecule has 2 aromatic carbocycles. The van der Waals surface area contributed by atoms with Gasteiger partial charge in [-0.2, -0.15) is 0 Å². The fraction of sp³-hybridized carbons (Fsp3) is 0.517. The van der Waals surface area contributed by atoms with E-state index in [0.717, 1.165) is 0 Å². The first kappa shape index (κ1) is 33.0. The molecule has 2 aromatic rings. The third-order valence-corrected chi connectivity index (χ3v) is 5.72. The van der Waals surface area contributed by atoms with Crippen molar-refractivity contribution in [2.75, 3.05) is 100 Å². The van der Waals surface area contributed by atoms with E-state index in [4.69, 9.17) is 52.5 Å². The molecule has 0 fully saturated rings. The number of methoxy groups -OCH3 is 2. The van der Waals surface area contributed by atoms with Gasteiger partial charge in [0.1, 0.15) is 18.1 Å². The lowest BCUT2D eigenvalue weighted by Gasteiger charge is -2.11. The van der Waals surface area contributed by atoms with Crippen LogP contribution < -0.4 is 23.7 Å². The van der Waals surface area contributed by atoms with Crippen LogP contribution in [-0.4, -0.2) is 117 Å². The normalized spacial score (nSPS) is 11.9. The van der Waals surface area contributed by atoms with Gasteiger partial charge in [-0.25, -0.2) is 0 Å². The summed E-state index contributed by atoms with van der Waals surface area (Å²) in [6, 6.07) is 7.46. The highest BCUT2D eigenvalue weighted by atomic mass is 16.7. The highest BCUT2D eigenvalue weighted by Crippen LogP contribution is 2.42. The molecule has 13 nitrogen and oxygen atoms in total. The predicted octanol–water partition coefficient (Wildman–Crippen LogP) is 1.95. The number of hydrogen-bond donors (Lipinski definition) is 1. The van der Waals surface area contributed by atoms with E-state index in [1.807, 2.05) is 0 Å². The molecule has 0 unspecified atom stereocenters. The second-order valence-corrected chi connectivity index (χ2v) is 8.60. The molecule has 42 heavy (non-hydrogen) atoms. The van der Waals surface area contributed by atoms with Crippen LogP contribution >= 0.6 is 0 Å². The van der Waals surface area contributed by atoms with Crippen molar-refractivity contribution in [3.63, 3.8) is 0 Å². The fourth-order valence-electron chi connectivity index (χ4n) is 3.69. The highest BCUT2D eigenvalue weighted by Gasteiger charge is 2.26. The quantitative estimate of drug-likeness (QED) is 0.114. The summed E-state index contributed by atoms with van der Waals surface area (Å²) < 4.78 is 53.8. The lowest BCUT2D eigenvalue weighted by Crippen LogP contribution is -2.16. The van der Waals surface area contributed by atoms with E-state index in [1.54, 1.807) is 6.07 Å². The molecule has 3 rings (SSSR count). The Bertz CT molecular complexity index is 1120. The van der Waals surface area contributed by atoms with Crippen LogP contribution in [0.1, 0.15) is 20.7 Å². The van der Waals surface area contributed by atoms with Gasteiger partial charge in [0.25, 0.3) is 0 Å². The number of aliphatic hydroxyl groups excluding tert-OH is 1. The van der Waals surface area contributed by atoms with E-state index in [-0.39, 0.29) is 37.7 Å². The Labute approximate surface area is 244 Å². The Balaban J connectivity index is 1.33. The number of benzene rings is 2. The van der Waals surface area contributed by atoms with E-state index < -0.39 is 11.6 Å². The summed E-state index contributed by atoms with van der Waals surface area (Å²) in [5, 5.41) is 8.59. The van der Waals surface area contributed by atoms with Crippen molar-refractivity contribution in [3.8, 4) is 28.7 Å². The van der Waals surface area contributed by atoms with Crippen LogP contribution in [0.15, 0.2) is 30.3 Å². The number of Topliss-reactive ketones (excluding diaryl/α,β-unsaturated/α-hetero) is 2. The smallest absolute Gasteiger partial charge is 0.233 e. The van der Waals surface area contributed by atoms with Gasteiger partial charge in [0, 0.05) is 17.2 Å². The van der Waals surface area contributed by atoms with Crippen LogP contribution in [-0.2, 0) is 23.7 Å². The first-order chi connectivity index (χ1) is 20.6. The summed E-state index contributed by atoms with van der Waals surface area (Å²) in [7, 11) is 2.89. The Morgan fingerprint density at radius 3 is 1.71 bits per heavy atom. The number of fused-ring (bicyclic) bond motifs is 1. The molecule has 0 radical (unpaired) electrons. The van der Waals surface area contributed by atoms with E-state index >= 15 is 0 Å². The number of rotatable bonds is 23. The van der Waals surface area contributed by atoms with Gasteiger partial charge in [-0.05, 0) is 24.3 Å². The zero-order chi connectivity index (χ0) is 30.0. The predicted molar refractivity (Wildman–Crippen MR) is 147 cm³/mol. The van der Waals surface area contributed by atoms with Gasteiger partial charge in [0.05, 0.1) is 86.9 Å². The molecule has 0 saturated heterocycles. The fourth-order valence-corrected chi connectivity index (χ4v) is 3.69. The molecule has 0 spiro atoms. The third-order valence-electron chi connectivity index (χ3n) is 5.72. The maximum atomic E-state index is 13.1. The van der Waals surface area contributed by atoms with Crippen molar-refractivity contribution >= 4 is 11.6 Å². The van der Waals surface area contributed by atoms with Crippen LogP contribution in [0.25, 0.3) is 0 Å². The van der Waals surface area contributed by atoms with Crippen LogP contribution in [0.2, 0.25) is 0 Å². The summed E-state index contributed by atoms with van der Waals surface area (Å²) >= 11 is 0. The van der Waals surface area contributed by atoms with Gasteiger partial charge in [0.2, 0.25) is 24.1 Å². The minimum Gasteiger partial charge on any atom is -0.497 e. The number of carbonyl (C=O) groups is 2. The van der Waals surface area contributed by atoms with Crippen LogP contribution in [0.3, 0.4) is 0 Å². The molecule has 0 saturated carbocycles. The van der Waals surface area contributed by atoms with E-state index in [2.05, 4.69) is 0 Å². The van der Waals surface area contributed by atoms with Crippen molar-refractivity contribution in [1.82, 2.24) is 0 Å². The maximum absolute atomic E-state index is 13.1. The largest absolute Gasteiger partial charge is 0.497 e. The molecule has 0 bridgehead atoms. The molecule has 0 aliphatic carbocycles. The molecule has 1 aliphatic rings. The van der Waals surface area contributed by atoms with Gasteiger partial charge in [-0.1, -0.05) is 0 Å². The summed E-state index contributed by atoms with van der Waals surface area (Å²) in [6.45, 7) is 4.25. The van der Waals surface area contributed by atoms with Crippen molar-refractivity contribution in [2.24, 2.45) is 0 Å². The van der Waals surface area contributed by atoms with Gasteiger partial charge >= 0.3 is 0 Å². The summed E-state index contributed by atoms with van der Waals surface area (Å²) in [6.07, 6.45) is 0. The molecule has 1 aliphatic heterocycles. The maximum Gasteiger partial charge on any atom is 0.233 e. The lowest BCUT2D eigenvalue weighted by atomic mass is 10.0. The molecule has 232 valence electrons. The summed E-state index contributed by atoms with van der Waals surface area (Å²) in [5.41, 5.74) is 0.223. The van der Waals surface area contributed by atoms with Crippen LogP contribution in [0.4, 0.5) is 0 Å². The molecule has 0 amide bonds. The topological polar surface area (TPSA) is 147 Å². The van der Waals surface area contributed by atoms with Gasteiger partial charge in [0.15, 0.2) is 11.5 Å². The number of hydrogen-bond acceptors (Lipinski definition) is 13. The monoisotopic (exact) mass is 594 g/mol. The highest BCUT2D eigenvalue weighted by molar-refractivity contribution is 6.49. The molecule has 1 heterocycles. The third kappa shape index (κ3) is 10.7. The number of aliphatic hydroxyl groups is 1. The Hall–Kier alpha value is -3.46. The molecular weight excluding hydrogens is 556 g/mol. The minimum atomic E-state index is -0.742. The Morgan fingerprint density at radius 1 is 0.643 bits per heavy atom. The number of ether oxygens (including phenoxy) is 10. The standard InChI is InChI=1S/C29H38O13/c1-33-23-15-21(27(31)28(32)22-17-25(34-2)29-26(18-22)41-20-42-29)16-24(19-23)40-14-13-39-12-11-38-10-9-37-8-7-36-6-5-35-4-3-30/h15-19,30H,3-14,20H2,1-2H3. The van der Waals surface area contributed by atoms with Gasteiger partial charge < -0.3 is 52.5 Å². The van der Waals surface area contributed by atoms with Crippen LogP contribution in [0.5, 0.6) is 28.7 Å². The van der Waals surface area contributed by atoms with Crippen molar-refractivity contribution in [1.29, 1.82) is 0 Å². The molecule has 0 atom stereocenters. The van der Waals surface area contributed by atoms with Crippen molar-refractivity contribution < 1.29 is 62.1 Å². The minimum absolute atomic E-state index is 0.00137. The van der Waals surface area contributed by atoms with E-state index in [0.29, 0.717) is 88.2 Å². The number of carbonyl (C=O) groups excluding carboxylic acids is 2. The van der Waals surface area contributed by atoms with E-state index in [1.165, 1.54) is 38.5 Å². The van der Waals surface area contributed by atoms with Gasteiger partial charge in [-0.15, -0.1) is 0 Å². The molecule has 0 aromatic heterocycles. The SMILES string of the molecule is COc1cc(OCCOCCOCCOCCOCCOCCO)cc(C(=O)C(=O)c2cc(OC)c3c(c2)OCO3)c1. The zero-order valence-electron chi connectivity index (χ0n) is 23.9. The average molecular weight is 595 g/mol. The summed E-state index contributed by atoms with van der Waals surface area (Å²) in [4.78, 5) is 26.1. The zero-order valence-corrected chi connectivity index (χ0v) is 23.9. The van der Waals surface area contributed by atoms with Gasteiger partial charge in [-0.3, -0.25) is 9.59 Å². The number of ketones is 2. The second-order valence-electron chi connectivity index (χ2n) is 8.60. The molecular formula is C29H38O13. The second kappa shape index (κ2) is 18.9. The van der Waals surface area contributed by atoms with E-state index in [9.17, 15) is 9.59 Å². The lowest BCUT2D eigenvalue weighted by molar-refractivity contribution is -0.0146.